The minimum Gasteiger partial charge on any atom is -0.348 e. The van der Waals surface area contributed by atoms with Gasteiger partial charge in [0.05, 0.1) is 11.8 Å². The molecule has 0 spiro atoms. The summed E-state index contributed by atoms with van der Waals surface area (Å²) in [5.74, 6) is 0.953. The van der Waals surface area contributed by atoms with Crippen LogP contribution in [0.1, 0.15) is 17.8 Å². The predicted molar refractivity (Wildman–Crippen MR) is 112 cm³/mol. The van der Waals surface area contributed by atoms with Crippen LogP contribution in [0.25, 0.3) is 11.4 Å². The van der Waals surface area contributed by atoms with E-state index in [1.807, 2.05) is 53.3 Å². The van der Waals surface area contributed by atoms with Crippen LogP contribution in [0, 0.1) is 0 Å². The zero-order valence-electron chi connectivity index (χ0n) is 14.8. The van der Waals surface area contributed by atoms with Gasteiger partial charge in [0.1, 0.15) is 0 Å². The molecular formula is C19H19ClN4OS2. The fourth-order valence-electron chi connectivity index (χ4n) is 2.52. The van der Waals surface area contributed by atoms with Gasteiger partial charge in [-0.1, -0.05) is 35.5 Å². The summed E-state index contributed by atoms with van der Waals surface area (Å²) in [6, 6.07) is 11.4. The van der Waals surface area contributed by atoms with Crippen LogP contribution < -0.4 is 5.32 Å². The molecule has 0 aliphatic carbocycles. The number of carbonyl (C=O) groups is 1. The number of halogens is 1. The molecule has 140 valence electrons. The summed E-state index contributed by atoms with van der Waals surface area (Å²) in [7, 11) is 0. The molecule has 0 unspecified atom stereocenters. The minimum atomic E-state index is -0.0397. The van der Waals surface area contributed by atoms with Crippen LogP contribution in [0.3, 0.4) is 0 Å². The maximum Gasteiger partial charge on any atom is 0.230 e. The number of carbonyl (C=O) groups excluding carboxylic acids is 1. The van der Waals surface area contributed by atoms with E-state index < -0.39 is 0 Å². The first-order valence-electron chi connectivity index (χ1n) is 8.34. The van der Waals surface area contributed by atoms with E-state index in [2.05, 4.69) is 22.1 Å². The summed E-state index contributed by atoms with van der Waals surface area (Å²) in [4.78, 5) is 13.4. The highest BCUT2D eigenvalue weighted by Gasteiger charge is 2.16. The van der Waals surface area contributed by atoms with Gasteiger partial charge >= 0.3 is 0 Å². The van der Waals surface area contributed by atoms with Crippen molar-refractivity contribution < 1.29 is 4.79 Å². The van der Waals surface area contributed by atoms with E-state index in [0.29, 0.717) is 16.7 Å². The smallest absolute Gasteiger partial charge is 0.230 e. The molecule has 0 saturated carbocycles. The second-order valence-corrected chi connectivity index (χ2v) is 8.16. The molecule has 1 amide bonds. The predicted octanol–water partition coefficient (Wildman–Crippen LogP) is 4.82. The van der Waals surface area contributed by atoms with Crippen LogP contribution >= 0.6 is 34.7 Å². The van der Waals surface area contributed by atoms with Gasteiger partial charge in [0.15, 0.2) is 11.0 Å². The van der Waals surface area contributed by atoms with E-state index in [4.69, 9.17) is 11.6 Å². The lowest BCUT2D eigenvalue weighted by Crippen LogP contribution is -2.27. The number of rotatable bonds is 8. The summed E-state index contributed by atoms with van der Waals surface area (Å²) < 4.78 is 1.94. The average Bonchev–Trinajstić information content (AvgIpc) is 3.31. The molecule has 8 heteroatoms. The number of amides is 1. The summed E-state index contributed by atoms with van der Waals surface area (Å²) >= 11 is 8.95. The lowest BCUT2D eigenvalue weighted by atomic mass is 10.2. The van der Waals surface area contributed by atoms with E-state index in [-0.39, 0.29) is 17.7 Å². The number of hydrogen-bond acceptors (Lipinski definition) is 5. The van der Waals surface area contributed by atoms with Crippen LogP contribution in [-0.4, -0.2) is 26.4 Å². The van der Waals surface area contributed by atoms with Crippen LogP contribution in [0.2, 0.25) is 5.02 Å². The molecule has 2 heterocycles. The van der Waals surface area contributed by atoms with Crippen molar-refractivity contribution in [1.29, 1.82) is 0 Å². The van der Waals surface area contributed by atoms with Crippen LogP contribution in [-0.2, 0) is 11.3 Å². The molecule has 3 rings (SSSR count). The molecule has 1 atom stereocenters. The van der Waals surface area contributed by atoms with Crippen molar-refractivity contribution in [3.05, 3.63) is 64.3 Å². The van der Waals surface area contributed by atoms with Crippen molar-refractivity contribution in [3.8, 4) is 11.4 Å². The molecule has 27 heavy (non-hydrogen) atoms. The summed E-state index contributed by atoms with van der Waals surface area (Å²) in [6.45, 7) is 6.34. The zero-order chi connectivity index (χ0) is 19.2. The Labute approximate surface area is 171 Å². The third-order valence-corrected chi connectivity index (χ3v) is 6.08. The molecule has 0 fully saturated rings. The number of thioether (sulfide) groups is 1. The zero-order valence-corrected chi connectivity index (χ0v) is 17.2. The molecule has 3 aromatic rings. The minimum absolute atomic E-state index is 0.00577. The Bertz CT molecular complexity index is 906. The third kappa shape index (κ3) is 5.00. The Hall–Kier alpha value is -2.09. The SMILES string of the molecule is C=CCn1c(SCC(=O)N[C@H](C)c2cccs2)nnc1-c1ccc(Cl)cc1. The number of nitrogens with zero attached hydrogens (tertiary/aromatic N) is 3. The van der Waals surface area contributed by atoms with Crippen molar-refractivity contribution in [2.75, 3.05) is 5.75 Å². The second-order valence-electron chi connectivity index (χ2n) is 5.81. The second kappa shape index (κ2) is 9.21. The number of aromatic nitrogens is 3. The van der Waals surface area contributed by atoms with Gasteiger partial charge in [-0.05, 0) is 42.6 Å². The maximum absolute atomic E-state index is 12.3. The Morgan fingerprint density at radius 3 is 2.81 bits per heavy atom. The molecule has 1 aromatic carbocycles. The average molecular weight is 419 g/mol. The van der Waals surface area contributed by atoms with Gasteiger partial charge in [-0.25, -0.2) is 0 Å². The topological polar surface area (TPSA) is 59.8 Å². The van der Waals surface area contributed by atoms with Gasteiger partial charge in [0.25, 0.3) is 0 Å². The molecule has 0 saturated heterocycles. The molecular weight excluding hydrogens is 400 g/mol. The number of nitrogens with one attached hydrogen (secondary N) is 1. The van der Waals surface area contributed by atoms with Crippen molar-refractivity contribution >= 4 is 40.6 Å². The molecule has 2 aromatic heterocycles. The highest BCUT2D eigenvalue weighted by atomic mass is 35.5. The van der Waals surface area contributed by atoms with Crippen LogP contribution in [0.15, 0.2) is 59.6 Å². The van der Waals surface area contributed by atoms with Gasteiger partial charge in [-0.3, -0.25) is 9.36 Å². The van der Waals surface area contributed by atoms with Crippen LogP contribution in [0.4, 0.5) is 0 Å². The maximum atomic E-state index is 12.3. The van der Waals surface area contributed by atoms with Gasteiger partial charge in [0, 0.05) is 22.0 Å². The quantitative estimate of drug-likeness (QED) is 0.421. The number of benzene rings is 1. The molecule has 0 aliphatic rings. The highest BCUT2D eigenvalue weighted by molar-refractivity contribution is 7.99. The Kier molecular flexibility index (Phi) is 6.71. The monoisotopic (exact) mass is 418 g/mol. The van der Waals surface area contributed by atoms with Crippen molar-refractivity contribution in [2.45, 2.75) is 24.7 Å². The fourth-order valence-corrected chi connectivity index (χ4v) is 4.14. The first-order valence-corrected chi connectivity index (χ1v) is 10.6. The largest absolute Gasteiger partial charge is 0.348 e. The summed E-state index contributed by atoms with van der Waals surface area (Å²) in [5.41, 5.74) is 0.913. The normalized spacial score (nSPS) is 11.9. The van der Waals surface area contributed by atoms with E-state index in [9.17, 15) is 4.79 Å². The number of allylic oxidation sites excluding steroid dienone is 1. The molecule has 0 bridgehead atoms. The van der Waals surface area contributed by atoms with Crippen LogP contribution in [0.5, 0.6) is 0 Å². The lowest BCUT2D eigenvalue weighted by molar-refractivity contribution is -0.119. The highest BCUT2D eigenvalue weighted by Crippen LogP contribution is 2.25. The van der Waals surface area contributed by atoms with E-state index in [1.54, 1.807) is 17.4 Å². The van der Waals surface area contributed by atoms with Gasteiger partial charge in [-0.15, -0.1) is 28.1 Å². The summed E-state index contributed by atoms with van der Waals surface area (Å²) in [6.07, 6.45) is 1.78. The third-order valence-electron chi connectivity index (χ3n) is 3.81. The first-order chi connectivity index (χ1) is 13.1. The lowest BCUT2D eigenvalue weighted by Gasteiger charge is -2.12. The fraction of sp³-hybridized carbons (Fsp3) is 0.211. The standard InChI is InChI=1S/C19H19ClN4OS2/c1-3-10-24-18(14-6-8-15(20)9-7-14)22-23-19(24)27-12-17(25)21-13(2)16-5-4-11-26-16/h3-9,11,13H,1,10,12H2,2H3,(H,21,25)/t13-/m1/s1. The molecule has 0 radical (unpaired) electrons. The first kappa shape index (κ1) is 19.7. The van der Waals surface area contributed by atoms with Crippen molar-refractivity contribution in [2.24, 2.45) is 0 Å². The van der Waals surface area contributed by atoms with Gasteiger partial charge in [-0.2, -0.15) is 0 Å². The molecule has 1 N–H and O–H groups in total. The van der Waals surface area contributed by atoms with E-state index in [0.717, 1.165) is 16.3 Å². The summed E-state index contributed by atoms with van der Waals surface area (Å²) in [5, 5.41) is 14.9. The molecule has 0 aliphatic heterocycles. The number of hydrogen-bond donors (Lipinski definition) is 1. The van der Waals surface area contributed by atoms with E-state index in [1.165, 1.54) is 11.8 Å². The van der Waals surface area contributed by atoms with Gasteiger partial charge in [0.2, 0.25) is 5.91 Å². The van der Waals surface area contributed by atoms with Crippen molar-refractivity contribution in [1.82, 2.24) is 20.1 Å². The Balaban J connectivity index is 1.68. The Morgan fingerprint density at radius 2 is 2.15 bits per heavy atom. The van der Waals surface area contributed by atoms with E-state index >= 15 is 0 Å². The van der Waals surface area contributed by atoms with Gasteiger partial charge < -0.3 is 5.32 Å². The molecule has 5 nitrogen and oxygen atoms in total. The Morgan fingerprint density at radius 1 is 1.37 bits per heavy atom. The van der Waals surface area contributed by atoms with Crippen molar-refractivity contribution in [3.63, 3.8) is 0 Å². The number of thiophene rings is 1.